The summed E-state index contributed by atoms with van der Waals surface area (Å²) in [6, 6.07) is 5.43. The normalized spacial score (nSPS) is 12.1. The standard InChI is InChI=1S/C18H29NO3/c1-6-22-17-12-15(10-11-16(17)21-5)18(20)19-14(4)9-7-8-13(2)3/h10-14H,6-9H2,1-5H3,(H,19,20). The topological polar surface area (TPSA) is 47.6 Å². The zero-order chi connectivity index (χ0) is 16.5. The van der Waals surface area contributed by atoms with Crippen LogP contribution in [0.1, 0.15) is 57.3 Å². The van der Waals surface area contributed by atoms with E-state index in [1.807, 2.05) is 13.8 Å². The predicted molar refractivity (Wildman–Crippen MR) is 89.8 cm³/mol. The van der Waals surface area contributed by atoms with Crippen molar-refractivity contribution in [2.45, 2.75) is 53.0 Å². The third-order valence-corrected chi connectivity index (χ3v) is 3.52. The summed E-state index contributed by atoms with van der Waals surface area (Å²) in [6.07, 6.45) is 3.32. The SMILES string of the molecule is CCOc1cc(C(=O)NC(C)CCCC(C)C)ccc1OC. The van der Waals surface area contributed by atoms with Gasteiger partial charge in [0.25, 0.3) is 5.91 Å². The van der Waals surface area contributed by atoms with Gasteiger partial charge in [-0.2, -0.15) is 0 Å². The van der Waals surface area contributed by atoms with E-state index in [0.29, 0.717) is 29.6 Å². The van der Waals surface area contributed by atoms with Crippen LogP contribution in [0.5, 0.6) is 11.5 Å². The van der Waals surface area contributed by atoms with Gasteiger partial charge in [-0.25, -0.2) is 0 Å². The Hall–Kier alpha value is -1.71. The van der Waals surface area contributed by atoms with Crippen LogP contribution >= 0.6 is 0 Å². The van der Waals surface area contributed by atoms with Gasteiger partial charge in [0, 0.05) is 11.6 Å². The molecule has 0 heterocycles. The lowest BCUT2D eigenvalue weighted by molar-refractivity contribution is 0.0937. The summed E-state index contributed by atoms with van der Waals surface area (Å²) in [6.45, 7) is 8.92. The van der Waals surface area contributed by atoms with Crippen molar-refractivity contribution in [3.05, 3.63) is 23.8 Å². The Morgan fingerprint density at radius 2 is 1.91 bits per heavy atom. The second kappa shape index (κ2) is 9.34. The molecule has 1 unspecified atom stereocenters. The summed E-state index contributed by atoms with van der Waals surface area (Å²) in [5.41, 5.74) is 0.597. The minimum atomic E-state index is -0.0688. The van der Waals surface area contributed by atoms with Crippen LogP contribution in [-0.2, 0) is 0 Å². The summed E-state index contributed by atoms with van der Waals surface area (Å²) in [5, 5.41) is 3.04. The second-order valence-corrected chi connectivity index (χ2v) is 6.00. The Bertz CT molecular complexity index is 471. The maximum absolute atomic E-state index is 12.3. The molecule has 1 atom stereocenters. The molecule has 0 saturated carbocycles. The van der Waals surface area contributed by atoms with Crippen LogP contribution in [0.3, 0.4) is 0 Å². The summed E-state index contributed by atoms with van der Waals surface area (Å²) in [4.78, 5) is 12.3. The number of carbonyl (C=O) groups excluding carboxylic acids is 1. The first-order chi connectivity index (χ1) is 10.5. The van der Waals surface area contributed by atoms with Crippen LogP contribution < -0.4 is 14.8 Å². The third kappa shape index (κ3) is 5.96. The summed E-state index contributed by atoms with van der Waals surface area (Å²) in [5.74, 6) is 1.88. The lowest BCUT2D eigenvalue weighted by Crippen LogP contribution is -2.32. The molecule has 1 N–H and O–H groups in total. The van der Waals surface area contributed by atoms with Crippen molar-refractivity contribution in [1.82, 2.24) is 5.32 Å². The van der Waals surface area contributed by atoms with Crippen molar-refractivity contribution in [3.8, 4) is 11.5 Å². The molecule has 0 saturated heterocycles. The quantitative estimate of drug-likeness (QED) is 0.749. The summed E-state index contributed by atoms with van der Waals surface area (Å²) in [7, 11) is 1.59. The van der Waals surface area contributed by atoms with Gasteiger partial charge in [0.1, 0.15) is 0 Å². The van der Waals surface area contributed by atoms with Gasteiger partial charge in [-0.15, -0.1) is 0 Å². The smallest absolute Gasteiger partial charge is 0.251 e. The van der Waals surface area contributed by atoms with Gasteiger partial charge in [0.05, 0.1) is 13.7 Å². The highest BCUT2D eigenvalue weighted by atomic mass is 16.5. The first-order valence-corrected chi connectivity index (χ1v) is 8.09. The lowest BCUT2D eigenvalue weighted by atomic mass is 10.0. The Labute approximate surface area is 134 Å². The monoisotopic (exact) mass is 307 g/mol. The molecule has 1 aromatic carbocycles. The zero-order valence-electron chi connectivity index (χ0n) is 14.4. The van der Waals surface area contributed by atoms with Crippen LogP contribution in [0.4, 0.5) is 0 Å². The van der Waals surface area contributed by atoms with Gasteiger partial charge in [-0.1, -0.05) is 26.7 Å². The number of amides is 1. The fourth-order valence-corrected chi connectivity index (χ4v) is 2.30. The molecule has 0 aliphatic carbocycles. The fourth-order valence-electron chi connectivity index (χ4n) is 2.30. The number of nitrogens with one attached hydrogen (secondary N) is 1. The Balaban J connectivity index is 2.63. The lowest BCUT2D eigenvalue weighted by Gasteiger charge is -2.16. The molecular formula is C18H29NO3. The van der Waals surface area contributed by atoms with E-state index < -0.39 is 0 Å². The average molecular weight is 307 g/mol. The van der Waals surface area contributed by atoms with Gasteiger partial charge < -0.3 is 14.8 Å². The van der Waals surface area contributed by atoms with Crippen molar-refractivity contribution in [2.24, 2.45) is 5.92 Å². The van der Waals surface area contributed by atoms with E-state index in [1.54, 1.807) is 25.3 Å². The molecule has 1 rings (SSSR count). The molecule has 0 aliphatic heterocycles. The molecule has 0 aliphatic rings. The van der Waals surface area contributed by atoms with Gasteiger partial charge in [0.15, 0.2) is 11.5 Å². The molecular weight excluding hydrogens is 278 g/mol. The molecule has 22 heavy (non-hydrogen) atoms. The van der Waals surface area contributed by atoms with Gasteiger partial charge in [-0.3, -0.25) is 4.79 Å². The number of ether oxygens (including phenoxy) is 2. The molecule has 0 spiro atoms. The minimum absolute atomic E-state index is 0.0688. The molecule has 4 heteroatoms. The maximum atomic E-state index is 12.3. The average Bonchev–Trinajstić information content (AvgIpc) is 2.47. The van der Waals surface area contributed by atoms with Crippen molar-refractivity contribution >= 4 is 5.91 Å². The minimum Gasteiger partial charge on any atom is -0.493 e. The number of benzene rings is 1. The molecule has 1 aromatic rings. The Morgan fingerprint density at radius 3 is 2.50 bits per heavy atom. The highest BCUT2D eigenvalue weighted by Crippen LogP contribution is 2.28. The molecule has 1 amide bonds. The van der Waals surface area contributed by atoms with Gasteiger partial charge in [0.2, 0.25) is 0 Å². The predicted octanol–water partition coefficient (Wildman–Crippen LogP) is 4.04. The Morgan fingerprint density at radius 1 is 1.18 bits per heavy atom. The van der Waals surface area contributed by atoms with Crippen molar-refractivity contribution in [2.75, 3.05) is 13.7 Å². The molecule has 0 radical (unpaired) electrons. The van der Waals surface area contributed by atoms with Crippen LogP contribution in [0.15, 0.2) is 18.2 Å². The molecule has 0 bridgehead atoms. The number of methoxy groups -OCH3 is 1. The van der Waals surface area contributed by atoms with Crippen LogP contribution in [-0.4, -0.2) is 25.7 Å². The number of hydrogen-bond acceptors (Lipinski definition) is 3. The number of carbonyl (C=O) groups is 1. The number of rotatable bonds is 9. The van der Waals surface area contributed by atoms with Crippen LogP contribution in [0.25, 0.3) is 0 Å². The summed E-state index contributed by atoms with van der Waals surface area (Å²) < 4.78 is 10.7. The van der Waals surface area contributed by atoms with Crippen molar-refractivity contribution in [3.63, 3.8) is 0 Å². The maximum Gasteiger partial charge on any atom is 0.251 e. The van der Waals surface area contributed by atoms with Crippen molar-refractivity contribution in [1.29, 1.82) is 0 Å². The fraction of sp³-hybridized carbons (Fsp3) is 0.611. The van der Waals surface area contributed by atoms with E-state index in [0.717, 1.165) is 12.8 Å². The van der Waals surface area contributed by atoms with E-state index in [1.165, 1.54) is 6.42 Å². The third-order valence-electron chi connectivity index (χ3n) is 3.52. The molecule has 0 aromatic heterocycles. The van der Waals surface area contributed by atoms with E-state index in [4.69, 9.17) is 9.47 Å². The summed E-state index contributed by atoms with van der Waals surface area (Å²) >= 11 is 0. The zero-order valence-corrected chi connectivity index (χ0v) is 14.4. The molecule has 0 fully saturated rings. The number of hydrogen-bond donors (Lipinski definition) is 1. The van der Waals surface area contributed by atoms with Crippen LogP contribution in [0, 0.1) is 5.92 Å². The van der Waals surface area contributed by atoms with Gasteiger partial charge >= 0.3 is 0 Å². The van der Waals surface area contributed by atoms with E-state index in [-0.39, 0.29) is 11.9 Å². The van der Waals surface area contributed by atoms with E-state index in [2.05, 4.69) is 19.2 Å². The highest BCUT2D eigenvalue weighted by Gasteiger charge is 2.13. The van der Waals surface area contributed by atoms with Crippen molar-refractivity contribution < 1.29 is 14.3 Å². The first kappa shape index (κ1) is 18.3. The van der Waals surface area contributed by atoms with Crippen LogP contribution in [0.2, 0.25) is 0 Å². The largest absolute Gasteiger partial charge is 0.493 e. The first-order valence-electron chi connectivity index (χ1n) is 8.09. The Kier molecular flexibility index (Phi) is 7.78. The highest BCUT2D eigenvalue weighted by molar-refractivity contribution is 5.95. The molecule has 4 nitrogen and oxygen atoms in total. The van der Waals surface area contributed by atoms with Gasteiger partial charge in [-0.05, 0) is 44.4 Å². The van der Waals surface area contributed by atoms with E-state index in [9.17, 15) is 4.79 Å². The second-order valence-electron chi connectivity index (χ2n) is 6.00. The molecule has 124 valence electrons. The van der Waals surface area contributed by atoms with E-state index >= 15 is 0 Å².